The second-order valence-corrected chi connectivity index (χ2v) is 6.18. The molecule has 0 atom stereocenters. The van der Waals surface area contributed by atoms with Crippen molar-refractivity contribution >= 4 is 19.7 Å². The quantitative estimate of drug-likeness (QED) is 0.570. The van der Waals surface area contributed by atoms with Gasteiger partial charge < -0.3 is 9.47 Å². The van der Waals surface area contributed by atoms with Crippen LogP contribution in [0.3, 0.4) is 0 Å². The number of rotatable bonds is 7. The highest BCUT2D eigenvalue weighted by molar-refractivity contribution is 8.13. The summed E-state index contributed by atoms with van der Waals surface area (Å²) in [6.07, 6.45) is 0. The van der Waals surface area contributed by atoms with Gasteiger partial charge >= 0.3 is 0 Å². The van der Waals surface area contributed by atoms with Gasteiger partial charge in [0, 0.05) is 16.7 Å². The zero-order chi connectivity index (χ0) is 13.6. The van der Waals surface area contributed by atoms with Crippen molar-refractivity contribution in [1.29, 1.82) is 0 Å². The first-order chi connectivity index (χ1) is 8.38. The molecule has 0 aliphatic heterocycles. The summed E-state index contributed by atoms with van der Waals surface area (Å²) in [6.45, 7) is -0.0636. The van der Waals surface area contributed by atoms with Crippen LogP contribution in [-0.4, -0.2) is 34.0 Å². The number of ether oxygens (including phenoxy) is 2. The molecule has 102 valence electrons. The number of hydrogen-bond donors (Lipinski definition) is 0. The largest absolute Gasteiger partial charge is 0.488 e. The monoisotopic (exact) mass is 300 g/mol. The Morgan fingerprint density at radius 3 is 2.56 bits per heavy atom. The molecule has 0 fully saturated rings. The molecule has 0 unspecified atom stereocenters. The molecule has 0 N–H and O–H groups in total. The zero-order valence-electron chi connectivity index (χ0n) is 9.24. The molecule has 0 amide bonds. The van der Waals surface area contributed by atoms with E-state index in [0.717, 1.165) is 18.2 Å². The lowest BCUT2D eigenvalue weighted by atomic mass is 10.3. The molecule has 0 aliphatic rings. The molecule has 0 saturated heterocycles. The smallest absolute Gasteiger partial charge is 0.234 e. The van der Waals surface area contributed by atoms with Gasteiger partial charge in [-0.2, -0.15) is 0 Å². The van der Waals surface area contributed by atoms with Crippen molar-refractivity contribution < 1.29 is 26.7 Å². The summed E-state index contributed by atoms with van der Waals surface area (Å²) in [5.41, 5.74) is 0. The Labute approximate surface area is 108 Å². The van der Waals surface area contributed by atoms with E-state index < -0.39 is 20.7 Å². The predicted molar refractivity (Wildman–Crippen MR) is 62.3 cm³/mol. The number of benzene rings is 1. The second-order valence-electron chi connectivity index (χ2n) is 3.28. The fourth-order valence-corrected chi connectivity index (χ4v) is 1.56. The van der Waals surface area contributed by atoms with E-state index in [1.165, 1.54) is 0 Å². The van der Waals surface area contributed by atoms with Crippen molar-refractivity contribution in [2.75, 3.05) is 25.6 Å². The number of halogens is 3. The molecule has 0 saturated carbocycles. The average Bonchev–Trinajstić information content (AvgIpc) is 2.26. The third-order valence-corrected chi connectivity index (χ3v) is 2.97. The Morgan fingerprint density at radius 1 is 1.17 bits per heavy atom. The van der Waals surface area contributed by atoms with Crippen LogP contribution in [0.1, 0.15) is 0 Å². The average molecular weight is 301 g/mol. The lowest BCUT2D eigenvalue weighted by Crippen LogP contribution is -2.12. The Bertz CT molecular complexity index is 493. The van der Waals surface area contributed by atoms with Gasteiger partial charge in [-0.05, 0) is 12.1 Å². The van der Waals surface area contributed by atoms with E-state index in [1.54, 1.807) is 0 Å². The number of hydrogen-bond acceptors (Lipinski definition) is 4. The third-order valence-electron chi connectivity index (χ3n) is 1.85. The van der Waals surface area contributed by atoms with Crippen molar-refractivity contribution in [3.8, 4) is 5.75 Å². The molecule has 0 radical (unpaired) electrons. The maximum Gasteiger partial charge on any atom is 0.234 e. The summed E-state index contributed by atoms with van der Waals surface area (Å²) in [5.74, 6) is -1.83. The molecule has 0 aliphatic carbocycles. The first-order valence-electron chi connectivity index (χ1n) is 4.96. The Hall–Kier alpha value is -0.920. The van der Waals surface area contributed by atoms with Crippen LogP contribution in [0.2, 0.25) is 0 Å². The molecule has 18 heavy (non-hydrogen) atoms. The normalized spacial score (nSPS) is 11.5. The predicted octanol–water partition coefficient (Wildman–Crippen LogP) is 1.93. The minimum atomic E-state index is -3.58. The summed E-state index contributed by atoms with van der Waals surface area (Å²) < 4.78 is 56.7. The maximum absolute atomic E-state index is 13.1. The highest BCUT2D eigenvalue weighted by Gasteiger charge is 2.06. The van der Waals surface area contributed by atoms with E-state index >= 15 is 0 Å². The molecule has 0 bridgehead atoms. The standard InChI is InChI=1S/C10H11ClF2O4S/c11-18(14,15)6-5-16-3-4-17-10-7-8(12)1-2-9(10)13/h1-2,7H,3-6H2. The van der Waals surface area contributed by atoms with Crippen LogP contribution in [0.15, 0.2) is 18.2 Å². The van der Waals surface area contributed by atoms with E-state index in [4.69, 9.17) is 20.2 Å². The van der Waals surface area contributed by atoms with Crippen molar-refractivity contribution in [1.82, 2.24) is 0 Å². The van der Waals surface area contributed by atoms with Crippen LogP contribution in [-0.2, 0) is 13.8 Å². The van der Waals surface area contributed by atoms with Crippen LogP contribution in [0, 0.1) is 11.6 Å². The first-order valence-corrected chi connectivity index (χ1v) is 7.44. The molecule has 1 aromatic carbocycles. The van der Waals surface area contributed by atoms with Crippen LogP contribution < -0.4 is 4.74 Å². The SMILES string of the molecule is O=S(=O)(Cl)CCOCCOc1cc(F)ccc1F. The van der Waals surface area contributed by atoms with Crippen molar-refractivity contribution in [2.24, 2.45) is 0 Å². The van der Waals surface area contributed by atoms with Crippen LogP contribution >= 0.6 is 10.7 Å². The molecule has 4 nitrogen and oxygen atoms in total. The molecule has 1 aromatic rings. The summed E-state index contributed by atoms with van der Waals surface area (Å²) in [5, 5.41) is 0. The molecule has 1 rings (SSSR count). The van der Waals surface area contributed by atoms with E-state index in [-0.39, 0.29) is 31.3 Å². The maximum atomic E-state index is 13.1. The van der Waals surface area contributed by atoms with Crippen molar-refractivity contribution in [2.45, 2.75) is 0 Å². The van der Waals surface area contributed by atoms with Gasteiger partial charge in [-0.15, -0.1) is 0 Å². The van der Waals surface area contributed by atoms with E-state index in [2.05, 4.69) is 0 Å². The van der Waals surface area contributed by atoms with Crippen molar-refractivity contribution in [3.05, 3.63) is 29.8 Å². The topological polar surface area (TPSA) is 52.6 Å². The summed E-state index contributed by atoms with van der Waals surface area (Å²) in [4.78, 5) is 0. The van der Waals surface area contributed by atoms with E-state index in [0.29, 0.717) is 0 Å². The molecule has 8 heteroatoms. The summed E-state index contributed by atoms with van der Waals surface area (Å²) in [7, 11) is 1.37. The van der Waals surface area contributed by atoms with Gasteiger partial charge in [0.2, 0.25) is 9.05 Å². The second kappa shape index (κ2) is 6.86. The Balaban J connectivity index is 2.24. The van der Waals surface area contributed by atoms with Gasteiger partial charge in [0.1, 0.15) is 12.4 Å². The van der Waals surface area contributed by atoms with E-state index in [1.807, 2.05) is 0 Å². The first kappa shape index (κ1) is 15.1. The highest BCUT2D eigenvalue weighted by atomic mass is 35.7. The van der Waals surface area contributed by atoms with Gasteiger partial charge in [-0.3, -0.25) is 0 Å². The molecular formula is C10H11ClF2O4S. The summed E-state index contributed by atoms with van der Waals surface area (Å²) in [6, 6.07) is 2.84. The van der Waals surface area contributed by atoms with Crippen molar-refractivity contribution in [3.63, 3.8) is 0 Å². The lowest BCUT2D eigenvalue weighted by molar-refractivity contribution is 0.109. The fourth-order valence-electron chi connectivity index (χ4n) is 1.06. The molecular weight excluding hydrogens is 290 g/mol. The Morgan fingerprint density at radius 2 is 1.89 bits per heavy atom. The Kier molecular flexibility index (Phi) is 5.77. The van der Waals surface area contributed by atoms with Gasteiger partial charge in [0.05, 0.1) is 19.0 Å². The van der Waals surface area contributed by atoms with Crippen LogP contribution in [0.25, 0.3) is 0 Å². The fraction of sp³-hybridized carbons (Fsp3) is 0.400. The highest BCUT2D eigenvalue weighted by Crippen LogP contribution is 2.17. The third kappa shape index (κ3) is 6.13. The van der Waals surface area contributed by atoms with Crippen LogP contribution in [0.4, 0.5) is 8.78 Å². The van der Waals surface area contributed by atoms with Gasteiger partial charge in [-0.25, -0.2) is 17.2 Å². The summed E-state index contributed by atoms with van der Waals surface area (Å²) >= 11 is 0. The molecule has 0 aromatic heterocycles. The van der Waals surface area contributed by atoms with Gasteiger partial charge in [0.25, 0.3) is 0 Å². The zero-order valence-corrected chi connectivity index (χ0v) is 10.8. The molecule has 0 spiro atoms. The van der Waals surface area contributed by atoms with E-state index in [9.17, 15) is 17.2 Å². The van der Waals surface area contributed by atoms with Crippen LogP contribution in [0.5, 0.6) is 5.75 Å². The van der Waals surface area contributed by atoms with Gasteiger partial charge in [0.15, 0.2) is 11.6 Å². The lowest BCUT2D eigenvalue weighted by Gasteiger charge is -2.07. The molecule has 0 heterocycles. The van der Waals surface area contributed by atoms with Gasteiger partial charge in [-0.1, -0.05) is 0 Å². The minimum absolute atomic E-state index is 0.0251. The minimum Gasteiger partial charge on any atom is -0.488 e.